The van der Waals surface area contributed by atoms with Gasteiger partial charge in [-0.2, -0.15) is 0 Å². The number of ether oxygens (including phenoxy) is 2. The largest absolute Gasteiger partial charge is 0.496 e. The van der Waals surface area contributed by atoms with E-state index in [2.05, 4.69) is 24.7 Å². The van der Waals surface area contributed by atoms with Crippen LogP contribution in [0.25, 0.3) is 0 Å². The number of benzene rings is 2. The number of methoxy groups -OCH3 is 1. The molecule has 0 bridgehead atoms. The Labute approximate surface area is 153 Å². The number of carbonyl (C=O) groups excluding carboxylic acids is 2. The van der Waals surface area contributed by atoms with Crippen LogP contribution in [-0.2, 0) is 4.79 Å². The van der Waals surface area contributed by atoms with Crippen LogP contribution in [0, 0.1) is 6.92 Å². The van der Waals surface area contributed by atoms with Gasteiger partial charge in [0.05, 0.1) is 12.7 Å². The highest BCUT2D eigenvalue weighted by molar-refractivity contribution is 5.97. The van der Waals surface area contributed by atoms with Crippen LogP contribution in [0.2, 0.25) is 0 Å². The maximum Gasteiger partial charge on any atom is 0.276 e. The number of rotatable bonds is 6. The molecule has 2 N–H and O–H groups in total. The molecular weight excluding hydrogens is 332 g/mol. The molecule has 0 aliphatic carbocycles. The molecule has 26 heavy (non-hydrogen) atoms. The van der Waals surface area contributed by atoms with E-state index in [9.17, 15) is 9.59 Å². The third kappa shape index (κ3) is 4.99. The molecule has 0 fully saturated rings. The number of hydrogen-bond donors (Lipinski definition) is 2. The SMILES string of the molecule is COc1ccccc1C(=O)NNC(=O)COc1cc(C)ccc1C(C)C. The second-order valence-electron chi connectivity index (χ2n) is 6.19. The summed E-state index contributed by atoms with van der Waals surface area (Å²) in [6.07, 6.45) is 0. The lowest BCUT2D eigenvalue weighted by atomic mass is 10.0. The van der Waals surface area contributed by atoms with Gasteiger partial charge in [-0.05, 0) is 42.2 Å². The van der Waals surface area contributed by atoms with E-state index >= 15 is 0 Å². The van der Waals surface area contributed by atoms with E-state index in [-0.39, 0.29) is 12.5 Å². The predicted molar refractivity (Wildman–Crippen MR) is 99.4 cm³/mol. The van der Waals surface area contributed by atoms with E-state index in [0.717, 1.165) is 11.1 Å². The second kappa shape index (κ2) is 8.89. The quantitative estimate of drug-likeness (QED) is 0.780. The van der Waals surface area contributed by atoms with Gasteiger partial charge in [-0.25, -0.2) is 0 Å². The van der Waals surface area contributed by atoms with Crippen LogP contribution in [0.15, 0.2) is 42.5 Å². The summed E-state index contributed by atoms with van der Waals surface area (Å²) in [5, 5.41) is 0. The lowest BCUT2D eigenvalue weighted by molar-refractivity contribution is -0.123. The fraction of sp³-hybridized carbons (Fsp3) is 0.300. The summed E-state index contributed by atoms with van der Waals surface area (Å²) in [7, 11) is 1.48. The summed E-state index contributed by atoms with van der Waals surface area (Å²) in [6, 6.07) is 12.7. The van der Waals surface area contributed by atoms with Crippen LogP contribution < -0.4 is 20.3 Å². The number of amides is 2. The molecule has 0 heterocycles. The van der Waals surface area contributed by atoms with Crippen molar-refractivity contribution in [1.82, 2.24) is 10.9 Å². The second-order valence-corrected chi connectivity index (χ2v) is 6.19. The zero-order valence-corrected chi connectivity index (χ0v) is 15.5. The van der Waals surface area contributed by atoms with Gasteiger partial charge in [0.1, 0.15) is 11.5 Å². The molecule has 2 rings (SSSR count). The highest BCUT2D eigenvalue weighted by atomic mass is 16.5. The van der Waals surface area contributed by atoms with Crippen molar-refractivity contribution >= 4 is 11.8 Å². The Kier molecular flexibility index (Phi) is 6.60. The van der Waals surface area contributed by atoms with Crippen molar-refractivity contribution in [3.05, 3.63) is 59.2 Å². The van der Waals surface area contributed by atoms with Crippen LogP contribution in [0.4, 0.5) is 0 Å². The number of hydrazine groups is 1. The average molecular weight is 356 g/mol. The predicted octanol–water partition coefficient (Wildman–Crippen LogP) is 2.97. The van der Waals surface area contributed by atoms with Gasteiger partial charge in [0.2, 0.25) is 0 Å². The van der Waals surface area contributed by atoms with E-state index in [1.54, 1.807) is 24.3 Å². The molecule has 6 heteroatoms. The minimum atomic E-state index is -0.464. The lowest BCUT2D eigenvalue weighted by Gasteiger charge is -2.15. The molecule has 0 saturated heterocycles. The summed E-state index contributed by atoms with van der Waals surface area (Å²) >= 11 is 0. The lowest BCUT2D eigenvalue weighted by Crippen LogP contribution is -2.44. The van der Waals surface area contributed by atoms with Crippen molar-refractivity contribution in [3.8, 4) is 11.5 Å². The molecule has 0 spiro atoms. The van der Waals surface area contributed by atoms with Gasteiger partial charge in [-0.1, -0.05) is 38.1 Å². The first-order valence-electron chi connectivity index (χ1n) is 8.38. The molecule has 0 atom stereocenters. The van der Waals surface area contributed by atoms with Crippen LogP contribution in [0.3, 0.4) is 0 Å². The molecule has 0 radical (unpaired) electrons. The summed E-state index contributed by atoms with van der Waals surface area (Å²) in [6.45, 7) is 5.88. The van der Waals surface area contributed by atoms with Gasteiger partial charge in [-0.3, -0.25) is 20.4 Å². The summed E-state index contributed by atoms with van der Waals surface area (Å²) in [4.78, 5) is 24.1. The molecule has 2 amide bonds. The first-order chi connectivity index (χ1) is 12.4. The molecule has 2 aromatic carbocycles. The average Bonchev–Trinajstić information content (AvgIpc) is 2.64. The van der Waals surface area contributed by atoms with Crippen molar-refractivity contribution in [2.45, 2.75) is 26.7 Å². The molecule has 6 nitrogen and oxygen atoms in total. The van der Waals surface area contributed by atoms with Crippen LogP contribution >= 0.6 is 0 Å². The zero-order chi connectivity index (χ0) is 19.1. The molecule has 138 valence electrons. The third-order valence-electron chi connectivity index (χ3n) is 3.82. The molecule has 0 aliphatic rings. The Morgan fingerprint density at radius 3 is 2.46 bits per heavy atom. The molecular formula is C20H24N2O4. The third-order valence-corrected chi connectivity index (χ3v) is 3.82. The van der Waals surface area contributed by atoms with E-state index in [1.807, 2.05) is 25.1 Å². The van der Waals surface area contributed by atoms with Gasteiger partial charge in [0.25, 0.3) is 11.8 Å². The fourth-order valence-electron chi connectivity index (χ4n) is 2.45. The van der Waals surface area contributed by atoms with Crippen LogP contribution in [0.1, 0.15) is 41.3 Å². The van der Waals surface area contributed by atoms with Gasteiger partial charge in [-0.15, -0.1) is 0 Å². The van der Waals surface area contributed by atoms with Crippen molar-refractivity contribution in [3.63, 3.8) is 0 Å². The van der Waals surface area contributed by atoms with Gasteiger partial charge < -0.3 is 9.47 Å². The number of nitrogens with one attached hydrogen (secondary N) is 2. The molecule has 2 aromatic rings. The molecule has 0 unspecified atom stereocenters. The molecule has 0 aliphatic heterocycles. The highest BCUT2D eigenvalue weighted by Crippen LogP contribution is 2.27. The smallest absolute Gasteiger partial charge is 0.276 e. The van der Waals surface area contributed by atoms with E-state index in [0.29, 0.717) is 17.1 Å². The Morgan fingerprint density at radius 1 is 1.04 bits per heavy atom. The highest BCUT2D eigenvalue weighted by Gasteiger charge is 2.13. The van der Waals surface area contributed by atoms with E-state index in [1.165, 1.54) is 7.11 Å². The zero-order valence-electron chi connectivity index (χ0n) is 15.5. The van der Waals surface area contributed by atoms with E-state index in [4.69, 9.17) is 9.47 Å². The monoisotopic (exact) mass is 356 g/mol. The van der Waals surface area contributed by atoms with E-state index < -0.39 is 11.8 Å². The minimum absolute atomic E-state index is 0.199. The Hall–Kier alpha value is -3.02. The van der Waals surface area contributed by atoms with Crippen LogP contribution in [0.5, 0.6) is 11.5 Å². The normalized spacial score (nSPS) is 10.3. The fourth-order valence-corrected chi connectivity index (χ4v) is 2.45. The molecule has 0 saturated carbocycles. The molecule has 0 aromatic heterocycles. The number of carbonyl (C=O) groups is 2. The standard InChI is InChI=1S/C20H24N2O4/c1-13(2)15-10-9-14(3)11-18(15)26-12-19(23)21-22-20(24)16-7-5-6-8-17(16)25-4/h5-11,13H,12H2,1-4H3,(H,21,23)(H,22,24). The Balaban J connectivity index is 1.92. The first kappa shape index (κ1) is 19.3. The maximum absolute atomic E-state index is 12.1. The number of para-hydroxylation sites is 1. The minimum Gasteiger partial charge on any atom is -0.496 e. The Morgan fingerprint density at radius 2 is 1.77 bits per heavy atom. The van der Waals surface area contributed by atoms with Crippen molar-refractivity contribution in [2.75, 3.05) is 13.7 Å². The van der Waals surface area contributed by atoms with Gasteiger partial charge in [0, 0.05) is 0 Å². The van der Waals surface area contributed by atoms with Crippen molar-refractivity contribution in [2.24, 2.45) is 0 Å². The maximum atomic E-state index is 12.1. The van der Waals surface area contributed by atoms with Gasteiger partial charge in [0.15, 0.2) is 6.61 Å². The van der Waals surface area contributed by atoms with Gasteiger partial charge >= 0.3 is 0 Å². The van der Waals surface area contributed by atoms with Crippen molar-refractivity contribution < 1.29 is 19.1 Å². The van der Waals surface area contributed by atoms with Crippen LogP contribution in [-0.4, -0.2) is 25.5 Å². The summed E-state index contributed by atoms with van der Waals surface area (Å²) in [5.41, 5.74) is 7.12. The summed E-state index contributed by atoms with van der Waals surface area (Å²) in [5.74, 6) is 0.459. The number of aryl methyl sites for hydroxylation is 1. The first-order valence-corrected chi connectivity index (χ1v) is 8.38. The Bertz CT molecular complexity index is 787. The topological polar surface area (TPSA) is 76.7 Å². The van der Waals surface area contributed by atoms with Crippen molar-refractivity contribution in [1.29, 1.82) is 0 Å². The summed E-state index contributed by atoms with van der Waals surface area (Å²) < 4.78 is 10.8. The number of hydrogen-bond acceptors (Lipinski definition) is 4.